The van der Waals surface area contributed by atoms with E-state index in [2.05, 4.69) is 57.2 Å². The maximum atomic E-state index is 4.72. The maximum Gasteiger partial charge on any atom is 0.107 e. The van der Waals surface area contributed by atoms with E-state index in [1.807, 2.05) is 0 Å². The van der Waals surface area contributed by atoms with Crippen LogP contribution in [0.2, 0.25) is 0 Å². The number of hydrogen-bond acceptors (Lipinski definition) is 5. The lowest BCUT2D eigenvalue weighted by atomic mass is 9.93. The lowest BCUT2D eigenvalue weighted by molar-refractivity contribution is 0.556. The highest BCUT2D eigenvalue weighted by atomic mass is 32.1. The minimum Gasteiger partial charge on any atom is -0.303 e. The van der Waals surface area contributed by atoms with Crippen molar-refractivity contribution in [2.24, 2.45) is 0 Å². The van der Waals surface area contributed by atoms with E-state index in [0.29, 0.717) is 6.04 Å². The van der Waals surface area contributed by atoms with Crippen LogP contribution in [0.15, 0.2) is 5.38 Å². The molecule has 2 aromatic heterocycles. The first-order valence-electron chi connectivity index (χ1n) is 6.89. The topological polar surface area (TPSA) is 37.8 Å². The molecule has 2 heterocycles. The van der Waals surface area contributed by atoms with Gasteiger partial charge in [0.25, 0.3) is 0 Å². The first kappa shape index (κ1) is 15.6. The number of aromatic nitrogens is 2. The molecule has 0 fully saturated rings. The second kappa shape index (κ2) is 5.92. The molecule has 2 aromatic rings. The standard InChI is InChI=1S/C15H23N3S2/c1-9(14-10(2)17-11(3)20-14)16-7-13-18-12(8-19-13)15(4,5)6/h8-9,16H,7H2,1-6H3. The minimum atomic E-state index is 0.131. The molecule has 0 bridgehead atoms. The molecule has 110 valence electrons. The fourth-order valence-electron chi connectivity index (χ4n) is 2.02. The zero-order chi connectivity index (χ0) is 14.9. The highest BCUT2D eigenvalue weighted by Crippen LogP contribution is 2.26. The number of nitrogens with zero attached hydrogens (tertiary/aromatic N) is 2. The number of aryl methyl sites for hydroxylation is 2. The van der Waals surface area contributed by atoms with Crippen molar-refractivity contribution in [3.63, 3.8) is 0 Å². The van der Waals surface area contributed by atoms with Gasteiger partial charge in [-0.2, -0.15) is 0 Å². The molecular formula is C15H23N3S2. The average Bonchev–Trinajstić information content (AvgIpc) is 2.92. The van der Waals surface area contributed by atoms with Gasteiger partial charge < -0.3 is 5.32 Å². The van der Waals surface area contributed by atoms with Crippen molar-refractivity contribution in [1.29, 1.82) is 0 Å². The summed E-state index contributed by atoms with van der Waals surface area (Å²) in [6, 6.07) is 0.322. The van der Waals surface area contributed by atoms with Gasteiger partial charge >= 0.3 is 0 Å². The Balaban J connectivity index is 1.98. The summed E-state index contributed by atoms with van der Waals surface area (Å²) in [6.45, 7) is 13.8. The van der Waals surface area contributed by atoms with Gasteiger partial charge in [-0.15, -0.1) is 22.7 Å². The summed E-state index contributed by atoms with van der Waals surface area (Å²) in [5.41, 5.74) is 2.45. The molecule has 5 heteroatoms. The molecule has 3 nitrogen and oxygen atoms in total. The van der Waals surface area contributed by atoms with Crippen LogP contribution in [-0.4, -0.2) is 9.97 Å². The van der Waals surface area contributed by atoms with Crippen LogP contribution in [0.5, 0.6) is 0 Å². The third-order valence-corrected chi connectivity index (χ3v) is 5.32. The van der Waals surface area contributed by atoms with Crippen LogP contribution in [0, 0.1) is 13.8 Å². The minimum absolute atomic E-state index is 0.131. The Bertz CT molecular complexity index is 578. The molecular weight excluding hydrogens is 286 g/mol. The fourth-order valence-corrected chi connectivity index (χ4v) is 3.94. The number of rotatable bonds is 4. The van der Waals surface area contributed by atoms with E-state index < -0.39 is 0 Å². The Morgan fingerprint density at radius 2 is 1.95 bits per heavy atom. The highest BCUT2D eigenvalue weighted by molar-refractivity contribution is 7.11. The monoisotopic (exact) mass is 309 g/mol. The van der Waals surface area contributed by atoms with Crippen LogP contribution in [0.25, 0.3) is 0 Å². The molecule has 0 radical (unpaired) electrons. The van der Waals surface area contributed by atoms with E-state index in [-0.39, 0.29) is 5.41 Å². The summed E-state index contributed by atoms with van der Waals surface area (Å²) >= 11 is 3.51. The Kier molecular flexibility index (Phi) is 4.62. The largest absolute Gasteiger partial charge is 0.303 e. The van der Waals surface area contributed by atoms with Crippen LogP contribution in [0.1, 0.15) is 60.0 Å². The number of hydrogen-bond donors (Lipinski definition) is 1. The third kappa shape index (κ3) is 3.65. The summed E-state index contributed by atoms with van der Waals surface area (Å²) in [5.74, 6) is 0. The van der Waals surface area contributed by atoms with Gasteiger partial charge in [-0.25, -0.2) is 9.97 Å². The van der Waals surface area contributed by atoms with Crippen molar-refractivity contribution in [2.75, 3.05) is 0 Å². The molecule has 20 heavy (non-hydrogen) atoms. The van der Waals surface area contributed by atoms with Crippen LogP contribution in [0.4, 0.5) is 0 Å². The Labute approximate surface area is 129 Å². The Morgan fingerprint density at radius 1 is 1.25 bits per heavy atom. The SMILES string of the molecule is Cc1nc(C)c(C(C)NCc2nc(C(C)(C)C)cs2)s1. The Morgan fingerprint density at radius 3 is 2.45 bits per heavy atom. The van der Waals surface area contributed by atoms with Gasteiger partial charge in [0.2, 0.25) is 0 Å². The lowest BCUT2D eigenvalue weighted by Gasteiger charge is -2.14. The molecule has 0 saturated carbocycles. The molecule has 0 aliphatic heterocycles. The Hall–Kier alpha value is -0.780. The molecule has 1 N–H and O–H groups in total. The third-order valence-electron chi connectivity index (χ3n) is 3.21. The van der Waals surface area contributed by atoms with E-state index in [9.17, 15) is 0 Å². The van der Waals surface area contributed by atoms with E-state index in [4.69, 9.17) is 4.98 Å². The molecule has 0 aliphatic carbocycles. The molecule has 1 atom stereocenters. The molecule has 0 aliphatic rings. The van der Waals surface area contributed by atoms with Crippen LogP contribution < -0.4 is 5.32 Å². The van der Waals surface area contributed by atoms with Gasteiger partial charge in [0, 0.05) is 28.3 Å². The van der Waals surface area contributed by atoms with Crippen molar-refractivity contribution in [3.8, 4) is 0 Å². The van der Waals surface area contributed by atoms with Crippen LogP contribution in [-0.2, 0) is 12.0 Å². The van der Waals surface area contributed by atoms with Crippen molar-refractivity contribution < 1.29 is 0 Å². The second-order valence-corrected chi connectivity index (χ2v) is 8.34. The molecule has 0 spiro atoms. The van der Waals surface area contributed by atoms with Gasteiger partial charge in [-0.1, -0.05) is 20.8 Å². The predicted molar refractivity (Wildman–Crippen MR) is 87.7 cm³/mol. The van der Waals surface area contributed by atoms with Gasteiger partial charge in [-0.05, 0) is 20.8 Å². The van der Waals surface area contributed by atoms with E-state index >= 15 is 0 Å². The molecule has 0 amide bonds. The fraction of sp³-hybridized carbons (Fsp3) is 0.600. The predicted octanol–water partition coefficient (Wildman–Crippen LogP) is 4.36. The van der Waals surface area contributed by atoms with E-state index in [1.165, 1.54) is 10.6 Å². The van der Waals surface area contributed by atoms with Gasteiger partial charge in [0.05, 0.1) is 16.4 Å². The quantitative estimate of drug-likeness (QED) is 0.911. The van der Waals surface area contributed by atoms with E-state index in [1.54, 1.807) is 22.7 Å². The van der Waals surface area contributed by atoms with E-state index in [0.717, 1.165) is 22.3 Å². The zero-order valence-corrected chi connectivity index (χ0v) is 14.7. The van der Waals surface area contributed by atoms with Gasteiger partial charge in [0.1, 0.15) is 5.01 Å². The summed E-state index contributed by atoms with van der Waals surface area (Å²) in [4.78, 5) is 10.5. The maximum absolute atomic E-state index is 4.72. The van der Waals surface area contributed by atoms with Crippen LogP contribution in [0.3, 0.4) is 0 Å². The highest BCUT2D eigenvalue weighted by Gasteiger charge is 2.18. The molecule has 0 saturated heterocycles. The number of thiazole rings is 2. The van der Waals surface area contributed by atoms with Gasteiger partial charge in [0.15, 0.2) is 0 Å². The van der Waals surface area contributed by atoms with Crippen molar-refractivity contribution in [2.45, 2.75) is 59.5 Å². The average molecular weight is 310 g/mol. The first-order chi connectivity index (χ1) is 9.27. The first-order valence-corrected chi connectivity index (χ1v) is 8.59. The summed E-state index contributed by atoms with van der Waals surface area (Å²) in [7, 11) is 0. The van der Waals surface area contributed by atoms with Crippen molar-refractivity contribution in [1.82, 2.24) is 15.3 Å². The van der Waals surface area contributed by atoms with Crippen molar-refractivity contribution >= 4 is 22.7 Å². The van der Waals surface area contributed by atoms with Crippen molar-refractivity contribution in [3.05, 3.63) is 31.7 Å². The summed E-state index contributed by atoms with van der Waals surface area (Å²) in [5, 5.41) is 8.01. The number of nitrogens with one attached hydrogen (secondary N) is 1. The van der Waals surface area contributed by atoms with Crippen LogP contribution >= 0.6 is 22.7 Å². The normalized spacial score (nSPS) is 13.7. The zero-order valence-electron chi connectivity index (χ0n) is 13.1. The smallest absolute Gasteiger partial charge is 0.107 e. The van der Waals surface area contributed by atoms with Gasteiger partial charge in [-0.3, -0.25) is 0 Å². The summed E-state index contributed by atoms with van der Waals surface area (Å²) < 4.78 is 0. The summed E-state index contributed by atoms with van der Waals surface area (Å²) in [6.07, 6.45) is 0. The molecule has 1 unspecified atom stereocenters. The lowest BCUT2D eigenvalue weighted by Crippen LogP contribution is -2.18. The molecule has 2 rings (SSSR count). The second-order valence-electron chi connectivity index (χ2n) is 6.16. The molecule has 0 aromatic carbocycles.